The van der Waals surface area contributed by atoms with Crippen molar-refractivity contribution >= 4 is 11.9 Å². The van der Waals surface area contributed by atoms with Crippen LogP contribution >= 0.6 is 0 Å². The molecule has 0 aliphatic rings. The second-order valence-corrected chi connectivity index (χ2v) is 4.76. The first-order valence-electron chi connectivity index (χ1n) is 6.68. The number of furan rings is 1. The average molecular weight is 305 g/mol. The number of carbonyl (C=O) groups is 2. The number of hydrogen-bond acceptors (Lipinski definition) is 4. The van der Waals surface area contributed by atoms with Crippen LogP contribution in [0.3, 0.4) is 0 Å². The molecule has 2 rings (SSSR count). The molecule has 0 atom stereocenters. The van der Waals surface area contributed by atoms with Crippen molar-refractivity contribution in [2.45, 2.75) is 19.9 Å². The summed E-state index contributed by atoms with van der Waals surface area (Å²) in [7, 11) is 1.29. The molecule has 0 spiro atoms. The highest BCUT2D eigenvalue weighted by Crippen LogP contribution is 2.15. The van der Waals surface area contributed by atoms with Gasteiger partial charge in [0.05, 0.1) is 20.1 Å². The monoisotopic (exact) mass is 305 g/mol. The van der Waals surface area contributed by atoms with Crippen LogP contribution in [-0.4, -0.2) is 19.0 Å². The maximum atomic E-state index is 13.0. The summed E-state index contributed by atoms with van der Waals surface area (Å²) < 4.78 is 23.0. The van der Waals surface area contributed by atoms with Gasteiger partial charge in [0.2, 0.25) is 5.91 Å². The van der Waals surface area contributed by atoms with Crippen molar-refractivity contribution in [3.63, 3.8) is 0 Å². The topological polar surface area (TPSA) is 68.5 Å². The number of halogens is 1. The van der Waals surface area contributed by atoms with E-state index >= 15 is 0 Å². The lowest BCUT2D eigenvalue weighted by Gasteiger charge is -2.03. The number of carbonyl (C=O) groups excluding carboxylic acids is 2. The average Bonchev–Trinajstić information content (AvgIpc) is 2.85. The molecule has 116 valence electrons. The summed E-state index contributed by atoms with van der Waals surface area (Å²) in [6.07, 6.45) is 0.0707. The number of nitrogens with one attached hydrogen (secondary N) is 1. The minimum Gasteiger partial charge on any atom is -0.465 e. The molecule has 1 amide bonds. The van der Waals surface area contributed by atoms with Crippen LogP contribution in [0.4, 0.5) is 4.39 Å². The van der Waals surface area contributed by atoms with E-state index in [-0.39, 0.29) is 24.7 Å². The Bertz CT molecular complexity index is 693. The number of hydrogen-bond donors (Lipinski definition) is 1. The van der Waals surface area contributed by atoms with E-state index < -0.39 is 5.97 Å². The first kappa shape index (κ1) is 15.8. The number of rotatable bonds is 5. The fourth-order valence-corrected chi connectivity index (χ4v) is 2.02. The number of methoxy groups -OCH3 is 1. The van der Waals surface area contributed by atoms with Gasteiger partial charge in [0.1, 0.15) is 22.9 Å². The molecular weight excluding hydrogens is 289 g/mol. The quantitative estimate of drug-likeness (QED) is 0.861. The van der Waals surface area contributed by atoms with Gasteiger partial charge in [-0.25, -0.2) is 9.18 Å². The third kappa shape index (κ3) is 3.94. The maximum Gasteiger partial charge on any atom is 0.341 e. The molecule has 0 saturated carbocycles. The second-order valence-electron chi connectivity index (χ2n) is 4.76. The van der Waals surface area contributed by atoms with Crippen LogP contribution in [0.15, 0.2) is 34.7 Å². The molecule has 1 heterocycles. The van der Waals surface area contributed by atoms with Gasteiger partial charge in [0.15, 0.2) is 0 Å². The Kier molecular flexibility index (Phi) is 4.93. The van der Waals surface area contributed by atoms with Crippen LogP contribution in [0.25, 0.3) is 0 Å². The lowest BCUT2D eigenvalue weighted by atomic mass is 10.1. The van der Waals surface area contributed by atoms with E-state index in [1.165, 1.54) is 25.3 Å². The number of ether oxygens (including phenoxy) is 1. The van der Waals surface area contributed by atoms with Crippen LogP contribution in [-0.2, 0) is 22.5 Å². The zero-order valence-electron chi connectivity index (χ0n) is 12.3. The van der Waals surface area contributed by atoms with Crippen LogP contribution < -0.4 is 5.32 Å². The predicted octanol–water partition coefficient (Wildman–Crippen LogP) is 2.37. The zero-order chi connectivity index (χ0) is 16.1. The summed E-state index contributed by atoms with van der Waals surface area (Å²) in [4.78, 5) is 23.3. The minimum atomic E-state index is -0.487. The third-order valence-corrected chi connectivity index (χ3v) is 3.09. The molecule has 5 nitrogen and oxygen atoms in total. The van der Waals surface area contributed by atoms with E-state index in [0.717, 1.165) is 0 Å². The Morgan fingerprint density at radius 3 is 2.77 bits per heavy atom. The summed E-state index contributed by atoms with van der Waals surface area (Å²) in [6.45, 7) is 1.79. The van der Waals surface area contributed by atoms with Crippen LogP contribution in [0.5, 0.6) is 0 Å². The lowest BCUT2D eigenvalue weighted by Crippen LogP contribution is -2.24. The van der Waals surface area contributed by atoms with Crippen LogP contribution in [0, 0.1) is 12.7 Å². The molecule has 0 radical (unpaired) electrons. The molecule has 1 aromatic carbocycles. The molecule has 2 aromatic rings. The fourth-order valence-electron chi connectivity index (χ4n) is 2.02. The van der Waals surface area contributed by atoms with E-state index in [4.69, 9.17) is 4.42 Å². The number of esters is 1. The molecule has 22 heavy (non-hydrogen) atoms. The predicted molar refractivity (Wildman–Crippen MR) is 76.7 cm³/mol. The van der Waals surface area contributed by atoms with Gasteiger partial charge in [-0.3, -0.25) is 4.79 Å². The van der Waals surface area contributed by atoms with Gasteiger partial charge in [-0.05, 0) is 30.7 Å². The normalized spacial score (nSPS) is 10.3. The Hall–Kier alpha value is -2.63. The van der Waals surface area contributed by atoms with Crippen molar-refractivity contribution in [2.24, 2.45) is 0 Å². The van der Waals surface area contributed by atoms with Crippen LogP contribution in [0.1, 0.15) is 27.4 Å². The van der Waals surface area contributed by atoms with Crippen molar-refractivity contribution in [2.75, 3.05) is 7.11 Å². The van der Waals surface area contributed by atoms with Gasteiger partial charge in [-0.1, -0.05) is 12.1 Å². The number of benzene rings is 1. The molecule has 0 saturated heterocycles. The fraction of sp³-hybridized carbons (Fsp3) is 0.250. The molecule has 0 unspecified atom stereocenters. The first-order valence-corrected chi connectivity index (χ1v) is 6.68. The molecule has 0 fully saturated rings. The van der Waals surface area contributed by atoms with E-state index in [2.05, 4.69) is 10.1 Å². The Morgan fingerprint density at radius 2 is 2.09 bits per heavy atom. The summed E-state index contributed by atoms with van der Waals surface area (Å²) >= 11 is 0. The first-order chi connectivity index (χ1) is 10.5. The van der Waals surface area contributed by atoms with Crippen molar-refractivity contribution in [1.82, 2.24) is 5.32 Å². The smallest absolute Gasteiger partial charge is 0.341 e. The maximum absolute atomic E-state index is 13.0. The zero-order valence-corrected chi connectivity index (χ0v) is 12.3. The molecule has 0 bridgehead atoms. The van der Waals surface area contributed by atoms with Gasteiger partial charge >= 0.3 is 5.97 Å². The molecule has 0 aliphatic carbocycles. The Morgan fingerprint density at radius 1 is 1.32 bits per heavy atom. The highest BCUT2D eigenvalue weighted by molar-refractivity contribution is 5.90. The standard InChI is InChI=1S/C16H16FNO4/c1-10-14(16(20)21-2)8-13(22-10)9-18-15(19)7-11-4-3-5-12(17)6-11/h3-6,8H,7,9H2,1-2H3,(H,18,19). The third-order valence-electron chi connectivity index (χ3n) is 3.09. The second kappa shape index (κ2) is 6.89. The van der Waals surface area contributed by atoms with E-state index in [0.29, 0.717) is 22.6 Å². The summed E-state index contributed by atoms with van der Waals surface area (Å²) in [6, 6.07) is 7.39. The number of aryl methyl sites for hydroxylation is 1. The highest BCUT2D eigenvalue weighted by Gasteiger charge is 2.15. The van der Waals surface area contributed by atoms with Gasteiger partial charge < -0.3 is 14.5 Å². The van der Waals surface area contributed by atoms with Crippen molar-refractivity contribution in [3.05, 3.63) is 58.8 Å². The highest BCUT2D eigenvalue weighted by atomic mass is 19.1. The van der Waals surface area contributed by atoms with E-state index in [9.17, 15) is 14.0 Å². The summed E-state index contributed by atoms with van der Waals surface area (Å²) in [5, 5.41) is 2.66. The molecular formula is C16H16FNO4. The lowest BCUT2D eigenvalue weighted by molar-refractivity contribution is -0.120. The van der Waals surface area contributed by atoms with Crippen molar-refractivity contribution in [1.29, 1.82) is 0 Å². The van der Waals surface area contributed by atoms with Crippen molar-refractivity contribution in [3.8, 4) is 0 Å². The molecule has 0 aliphatic heterocycles. The van der Waals surface area contributed by atoms with Gasteiger partial charge in [0.25, 0.3) is 0 Å². The van der Waals surface area contributed by atoms with Gasteiger partial charge in [-0.15, -0.1) is 0 Å². The van der Waals surface area contributed by atoms with Crippen molar-refractivity contribution < 1.29 is 23.1 Å². The van der Waals surface area contributed by atoms with Gasteiger partial charge in [-0.2, -0.15) is 0 Å². The van der Waals surface area contributed by atoms with Gasteiger partial charge in [0, 0.05) is 0 Å². The minimum absolute atomic E-state index is 0.0707. The largest absolute Gasteiger partial charge is 0.465 e. The number of amides is 1. The Balaban J connectivity index is 1.92. The SMILES string of the molecule is COC(=O)c1cc(CNC(=O)Cc2cccc(F)c2)oc1C. The van der Waals surface area contributed by atoms with E-state index in [1.54, 1.807) is 19.1 Å². The molecule has 1 N–H and O–H groups in total. The summed E-state index contributed by atoms with van der Waals surface area (Å²) in [5.41, 5.74) is 0.917. The molecule has 1 aromatic heterocycles. The summed E-state index contributed by atoms with van der Waals surface area (Å²) in [5.74, 6) is -0.251. The van der Waals surface area contributed by atoms with E-state index in [1.807, 2.05) is 0 Å². The molecule has 6 heteroatoms. The Labute approximate surface area is 127 Å². The van der Waals surface area contributed by atoms with Crippen LogP contribution in [0.2, 0.25) is 0 Å².